The van der Waals surface area contributed by atoms with Crippen molar-refractivity contribution in [1.29, 1.82) is 0 Å². The van der Waals surface area contributed by atoms with E-state index in [1.165, 1.54) is 0 Å². The van der Waals surface area contributed by atoms with Crippen molar-refractivity contribution in [1.82, 2.24) is 5.32 Å². The molecule has 0 atom stereocenters. The molecule has 11 heavy (non-hydrogen) atoms. The maximum Gasteiger partial charge on any atom is 0.135 e. The number of halogens is 1. The van der Waals surface area contributed by atoms with Crippen LogP contribution in [0.15, 0.2) is 0 Å². The molecule has 0 amide bonds. The molecule has 0 aromatic rings. The molecule has 0 radical (unpaired) electrons. The molecule has 0 aromatic carbocycles. The van der Waals surface area contributed by atoms with Gasteiger partial charge in [-0.1, -0.05) is 20.3 Å². The van der Waals surface area contributed by atoms with Gasteiger partial charge in [-0.25, -0.2) is 4.39 Å². The molecule has 0 aliphatic carbocycles. The average Bonchev–Trinajstić information content (AvgIpc) is 1.83. The van der Waals surface area contributed by atoms with E-state index in [9.17, 15) is 4.39 Å². The molecule has 0 aromatic heterocycles. The number of hydrogen-bond donors (Lipinski definition) is 1. The number of alkyl halides is 1. The van der Waals surface area contributed by atoms with Gasteiger partial charge in [-0.2, -0.15) is 0 Å². The first-order valence-corrected chi connectivity index (χ1v) is 4.52. The van der Waals surface area contributed by atoms with Crippen LogP contribution in [-0.2, 0) is 0 Å². The fourth-order valence-corrected chi connectivity index (χ4v) is 1.40. The second-order valence-electron chi connectivity index (χ2n) is 4.04. The van der Waals surface area contributed by atoms with Gasteiger partial charge < -0.3 is 5.32 Å². The van der Waals surface area contributed by atoms with E-state index in [4.69, 9.17) is 0 Å². The fraction of sp³-hybridized carbons (Fsp3) is 1.00. The summed E-state index contributed by atoms with van der Waals surface area (Å²) in [6.07, 6.45) is 2.94. The highest BCUT2D eigenvalue weighted by atomic mass is 19.1. The third-order valence-corrected chi connectivity index (χ3v) is 2.29. The minimum atomic E-state index is -0.852. The average molecular weight is 159 g/mol. The Labute approximate surface area is 68.4 Å². The quantitative estimate of drug-likeness (QED) is 0.662. The van der Waals surface area contributed by atoms with Crippen LogP contribution in [0.5, 0.6) is 0 Å². The van der Waals surface area contributed by atoms with E-state index in [1.54, 1.807) is 0 Å². The lowest BCUT2D eigenvalue weighted by molar-refractivity contribution is 0.0763. The monoisotopic (exact) mass is 159 g/mol. The predicted molar refractivity (Wildman–Crippen MR) is 45.4 cm³/mol. The van der Waals surface area contributed by atoms with Crippen LogP contribution in [0, 0.1) is 5.92 Å². The summed E-state index contributed by atoms with van der Waals surface area (Å²) in [5.41, 5.74) is -0.852. The Balaban J connectivity index is 2.02. The molecule has 1 heterocycles. The zero-order valence-corrected chi connectivity index (χ0v) is 7.49. The fourth-order valence-electron chi connectivity index (χ4n) is 1.40. The van der Waals surface area contributed by atoms with E-state index in [0.29, 0.717) is 19.0 Å². The van der Waals surface area contributed by atoms with Crippen LogP contribution in [0.25, 0.3) is 0 Å². The molecule has 1 N–H and O–H groups in total. The topological polar surface area (TPSA) is 12.0 Å². The second-order valence-corrected chi connectivity index (χ2v) is 4.04. The molecule has 1 fully saturated rings. The highest BCUT2D eigenvalue weighted by Crippen LogP contribution is 2.24. The Kier molecular flexibility index (Phi) is 2.88. The van der Waals surface area contributed by atoms with Crippen LogP contribution in [-0.4, -0.2) is 18.8 Å². The zero-order valence-electron chi connectivity index (χ0n) is 7.49. The minimum Gasteiger partial charge on any atom is -0.310 e. The van der Waals surface area contributed by atoms with E-state index in [1.807, 2.05) is 0 Å². The molecule has 0 saturated carbocycles. The molecule has 1 aliphatic heterocycles. The molecule has 0 bridgehead atoms. The van der Waals surface area contributed by atoms with E-state index < -0.39 is 5.67 Å². The van der Waals surface area contributed by atoms with E-state index in [-0.39, 0.29) is 0 Å². The summed E-state index contributed by atoms with van der Waals surface area (Å²) in [5, 5.41) is 2.96. The lowest BCUT2D eigenvalue weighted by atomic mass is 9.91. The minimum absolute atomic E-state index is 0.574. The maximum atomic E-state index is 13.3. The molecule has 1 nitrogen and oxygen atoms in total. The molecule has 0 spiro atoms. The van der Waals surface area contributed by atoms with Crippen LogP contribution in [0.4, 0.5) is 4.39 Å². The van der Waals surface area contributed by atoms with Gasteiger partial charge >= 0.3 is 0 Å². The molecule has 1 aliphatic rings. The van der Waals surface area contributed by atoms with Crippen LogP contribution in [0.3, 0.4) is 0 Å². The van der Waals surface area contributed by atoms with Gasteiger partial charge in [-0.05, 0) is 18.8 Å². The standard InChI is InChI=1S/C9H18FN/c1-8(2)4-3-5-9(10)6-11-7-9/h8,11H,3-7H2,1-2H3. The summed E-state index contributed by atoms with van der Waals surface area (Å²) < 4.78 is 13.3. The van der Waals surface area contributed by atoms with Crippen LogP contribution >= 0.6 is 0 Å². The molecular formula is C9H18FN. The summed E-state index contributed by atoms with van der Waals surface area (Å²) >= 11 is 0. The van der Waals surface area contributed by atoms with Crippen molar-refractivity contribution in [2.45, 2.75) is 38.8 Å². The van der Waals surface area contributed by atoms with Crippen molar-refractivity contribution in [2.24, 2.45) is 5.92 Å². The number of hydrogen-bond acceptors (Lipinski definition) is 1. The Morgan fingerprint density at radius 2 is 2.09 bits per heavy atom. The van der Waals surface area contributed by atoms with Crippen molar-refractivity contribution >= 4 is 0 Å². The van der Waals surface area contributed by atoms with Crippen molar-refractivity contribution in [3.8, 4) is 0 Å². The van der Waals surface area contributed by atoms with Crippen LogP contribution < -0.4 is 5.32 Å². The lowest BCUT2D eigenvalue weighted by Gasteiger charge is -2.35. The predicted octanol–water partition coefficient (Wildman–Crippen LogP) is 2.12. The first-order chi connectivity index (χ1) is 5.12. The van der Waals surface area contributed by atoms with Gasteiger partial charge in [0.1, 0.15) is 5.67 Å². The number of nitrogens with one attached hydrogen (secondary N) is 1. The van der Waals surface area contributed by atoms with Crippen molar-refractivity contribution in [2.75, 3.05) is 13.1 Å². The van der Waals surface area contributed by atoms with Crippen LogP contribution in [0.1, 0.15) is 33.1 Å². The van der Waals surface area contributed by atoms with E-state index in [0.717, 1.165) is 19.3 Å². The van der Waals surface area contributed by atoms with Gasteiger partial charge in [0.15, 0.2) is 0 Å². The Bertz CT molecular complexity index is 119. The van der Waals surface area contributed by atoms with E-state index >= 15 is 0 Å². The summed E-state index contributed by atoms with van der Waals surface area (Å²) in [5.74, 6) is 0.714. The molecule has 2 heteroatoms. The first kappa shape index (κ1) is 8.98. The van der Waals surface area contributed by atoms with Crippen molar-refractivity contribution < 1.29 is 4.39 Å². The largest absolute Gasteiger partial charge is 0.310 e. The normalized spacial score (nSPS) is 21.8. The van der Waals surface area contributed by atoms with Crippen molar-refractivity contribution in [3.05, 3.63) is 0 Å². The lowest BCUT2D eigenvalue weighted by Crippen LogP contribution is -2.56. The third-order valence-electron chi connectivity index (χ3n) is 2.29. The van der Waals surface area contributed by atoms with E-state index in [2.05, 4.69) is 19.2 Å². The van der Waals surface area contributed by atoms with Gasteiger partial charge in [0, 0.05) is 13.1 Å². The SMILES string of the molecule is CC(C)CCCC1(F)CNC1. The van der Waals surface area contributed by atoms with Gasteiger partial charge in [0.05, 0.1) is 0 Å². The summed E-state index contributed by atoms with van der Waals surface area (Å²) in [7, 11) is 0. The molecule has 0 unspecified atom stereocenters. The van der Waals surface area contributed by atoms with Gasteiger partial charge in [0.2, 0.25) is 0 Å². The van der Waals surface area contributed by atoms with Gasteiger partial charge in [0.25, 0.3) is 0 Å². The highest BCUT2D eigenvalue weighted by molar-refractivity contribution is 4.92. The zero-order chi connectivity index (χ0) is 8.32. The summed E-state index contributed by atoms with van der Waals surface area (Å²) in [6, 6.07) is 0. The molecule has 1 rings (SSSR count). The second kappa shape index (κ2) is 3.53. The van der Waals surface area contributed by atoms with Gasteiger partial charge in [-0.3, -0.25) is 0 Å². The van der Waals surface area contributed by atoms with Crippen molar-refractivity contribution in [3.63, 3.8) is 0 Å². The number of rotatable bonds is 4. The third kappa shape index (κ3) is 2.78. The highest BCUT2D eigenvalue weighted by Gasteiger charge is 2.35. The van der Waals surface area contributed by atoms with Gasteiger partial charge in [-0.15, -0.1) is 0 Å². The Morgan fingerprint density at radius 3 is 2.45 bits per heavy atom. The Morgan fingerprint density at radius 1 is 1.45 bits per heavy atom. The molecular weight excluding hydrogens is 141 g/mol. The first-order valence-electron chi connectivity index (χ1n) is 4.52. The molecule has 66 valence electrons. The Hall–Kier alpha value is -0.110. The molecule has 1 saturated heterocycles. The maximum absolute atomic E-state index is 13.3. The summed E-state index contributed by atoms with van der Waals surface area (Å²) in [6.45, 7) is 5.52. The van der Waals surface area contributed by atoms with Crippen LogP contribution in [0.2, 0.25) is 0 Å². The smallest absolute Gasteiger partial charge is 0.135 e. The summed E-state index contributed by atoms with van der Waals surface area (Å²) in [4.78, 5) is 0.